The molecular formula is C16H22N2O2. The fraction of sp³-hybridized carbons (Fsp3) is 0.562. The first-order chi connectivity index (χ1) is 9.81. The van der Waals surface area contributed by atoms with E-state index in [1.54, 1.807) is 0 Å². The van der Waals surface area contributed by atoms with E-state index >= 15 is 0 Å². The molecule has 1 atom stereocenters. The maximum Gasteiger partial charge on any atom is 0.234 e. The zero-order chi connectivity index (χ0) is 13.9. The number of carbonyl (C=O) groups excluding carboxylic acids is 1. The highest BCUT2D eigenvalue weighted by Crippen LogP contribution is 2.36. The third kappa shape index (κ3) is 2.40. The lowest BCUT2D eigenvalue weighted by molar-refractivity contribution is -0.135. The SMILES string of the molecule is NCCN(C(=O)C1COc2ccccc21)C1CCCC1. The van der Waals surface area contributed by atoms with Gasteiger partial charge in [-0.3, -0.25) is 4.79 Å². The van der Waals surface area contributed by atoms with Crippen LogP contribution in [-0.2, 0) is 4.79 Å². The standard InChI is InChI=1S/C16H22N2O2/c17-9-10-18(12-5-1-2-6-12)16(19)14-11-20-15-8-4-3-7-13(14)15/h3-4,7-8,12,14H,1-2,5-6,9-11,17H2. The molecule has 0 spiro atoms. The molecule has 3 rings (SSSR count). The molecule has 0 saturated heterocycles. The van der Waals surface area contributed by atoms with Crippen molar-refractivity contribution in [3.05, 3.63) is 29.8 Å². The van der Waals surface area contributed by atoms with Gasteiger partial charge in [-0.2, -0.15) is 0 Å². The molecule has 1 aliphatic heterocycles. The van der Waals surface area contributed by atoms with Crippen LogP contribution in [0, 0.1) is 0 Å². The molecule has 108 valence electrons. The summed E-state index contributed by atoms with van der Waals surface area (Å²) < 4.78 is 5.64. The van der Waals surface area contributed by atoms with Crippen molar-refractivity contribution in [2.75, 3.05) is 19.7 Å². The molecule has 1 unspecified atom stereocenters. The average Bonchev–Trinajstić information content (AvgIpc) is 3.13. The lowest BCUT2D eigenvalue weighted by Crippen LogP contribution is -2.44. The molecule has 0 aromatic heterocycles. The van der Waals surface area contributed by atoms with Gasteiger partial charge in [0.05, 0.1) is 0 Å². The lowest BCUT2D eigenvalue weighted by Gasteiger charge is -2.30. The third-order valence-electron chi connectivity index (χ3n) is 4.42. The fourth-order valence-electron chi connectivity index (χ4n) is 3.39. The molecular weight excluding hydrogens is 252 g/mol. The van der Waals surface area contributed by atoms with Gasteiger partial charge in [-0.05, 0) is 18.9 Å². The molecule has 0 bridgehead atoms. The van der Waals surface area contributed by atoms with Crippen LogP contribution in [0.3, 0.4) is 0 Å². The van der Waals surface area contributed by atoms with Crippen LogP contribution in [0.2, 0.25) is 0 Å². The van der Waals surface area contributed by atoms with Gasteiger partial charge in [0.25, 0.3) is 0 Å². The van der Waals surface area contributed by atoms with Crippen LogP contribution in [-0.4, -0.2) is 36.5 Å². The molecule has 20 heavy (non-hydrogen) atoms. The van der Waals surface area contributed by atoms with Crippen LogP contribution in [0.15, 0.2) is 24.3 Å². The van der Waals surface area contributed by atoms with Crippen LogP contribution in [0.1, 0.15) is 37.2 Å². The number of nitrogens with two attached hydrogens (primary N) is 1. The number of benzene rings is 1. The molecule has 1 saturated carbocycles. The summed E-state index contributed by atoms with van der Waals surface area (Å²) in [6.07, 6.45) is 4.66. The molecule has 0 radical (unpaired) electrons. The van der Waals surface area contributed by atoms with E-state index in [9.17, 15) is 4.79 Å². The molecule has 1 amide bonds. The van der Waals surface area contributed by atoms with Crippen LogP contribution in [0.4, 0.5) is 0 Å². The van der Waals surface area contributed by atoms with Crippen LogP contribution < -0.4 is 10.5 Å². The van der Waals surface area contributed by atoms with Crippen molar-refractivity contribution in [2.24, 2.45) is 5.73 Å². The highest BCUT2D eigenvalue weighted by molar-refractivity contribution is 5.86. The van der Waals surface area contributed by atoms with Crippen molar-refractivity contribution in [3.8, 4) is 5.75 Å². The Labute approximate surface area is 119 Å². The Hall–Kier alpha value is -1.55. The van der Waals surface area contributed by atoms with E-state index in [2.05, 4.69) is 0 Å². The second kappa shape index (κ2) is 5.83. The predicted octanol–water partition coefficient (Wildman–Crippen LogP) is 1.89. The second-order valence-corrected chi connectivity index (χ2v) is 5.66. The number of fused-ring (bicyclic) bond motifs is 1. The number of hydrogen-bond acceptors (Lipinski definition) is 3. The van der Waals surface area contributed by atoms with Crippen molar-refractivity contribution >= 4 is 5.91 Å². The Balaban J connectivity index is 1.80. The highest BCUT2D eigenvalue weighted by atomic mass is 16.5. The van der Waals surface area contributed by atoms with E-state index in [4.69, 9.17) is 10.5 Å². The lowest BCUT2D eigenvalue weighted by atomic mass is 9.98. The Kier molecular flexibility index (Phi) is 3.92. The fourth-order valence-corrected chi connectivity index (χ4v) is 3.39. The Morgan fingerprint density at radius 3 is 2.80 bits per heavy atom. The molecule has 4 heteroatoms. The summed E-state index contributed by atoms with van der Waals surface area (Å²) >= 11 is 0. The molecule has 2 N–H and O–H groups in total. The van der Waals surface area contributed by atoms with E-state index in [1.165, 1.54) is 12.8 Å². The summed E-state index contributed by atoms with van der Waals surface area (Å²) in [7, 11) is 0. The first-order valence-electron chi connectivity index (χ1n) is 7.53. The van der Waals surface area contributed by atoms with E-state index in [-0.39, 0.29) is 11.8 Å². The minimum absolute atomic E-state index is 0.154. The number of nitrogens with zero attached hydrogens (tertiary/aromatic N) is 1. The number of carbonyl (C=O) groups is 1. The molecule has 1 aliphatic carbocycles. The summed E-state index contributed by atoms with van der Waals surface area (Å²) in [5.74, 6) is 0.885. The van der Waals surface area contributed by atoms with E-state index in [1.807, 2.05) is 29.2 Å². The van der Waals surface area contributed by atoms with Gasteiger partial charge in [0.2, 0.25) is 5.91 Å². The van der Waals surface area contributed by atoms with Crippen LogP contribution >= 0.6 is 0 Å². The van der Waals surface area contributed by atoms with Gasteiger partial charge in [-0.25, -0.2) is 0 Å². The maximum atomic E-state index is 12.9. The quantitative estimate of drug-likeness (QED) is 0.912. The van der Waals surface area contributed by atoms with Gasteiger partial charge in [-0.15, -0.1) is 0 Å². The van der Waals surface area contributed by atoms with Gasteiger partial charge in [0.1, 0.15) is 18.3 Å². The van der Waals surface area contributed by atoms with Gasteiger partial charge >= 0.3 is 0 Å². The largest absolute Gasteiger partial charge is 0.492 e. The topological polar surface area (TPSA) is 55.6 Å². The normalized spacial score (nSPS) is 21.6. The zero-order valence-electron chi connectivity index (χ0n) is 11.8. The summed E-state index contributed by atoms with van der Waals surface area (Å²) in [6, 6.07) is 8.22. The summed E-state index contributed by atoms with van der Waals surface area (Å²) in [4.78, 5) is 14.9. The Morgan fingerprint density at radius 2 is 2.05 bits per heavy atom. The van der Waals surface area contributed by atoms with Crippen molar-refractivity contribution in [2.45, 2.75) is 37.6 Å². The summed E-state index contributed by atoms with van der Waals surface area (Å²) in [6.45, 7) is 1.64. The van der Waals surface area contributed by atoms with Gasteiger partial charge in [-0.1, -0.05) is 31.0 Å². The second-order valence-electron chi connectivity index (χ2n) is 5.66. The highest BCUT2D eigenvalue weighted by Gasteiger charge is 2.36. The van der Waals surface area contributed by atoms with Gasteiger partial charge < -0.3 is 15.4 Å². The van der Waals surface area contributed by atoms with Crippen LogP contribution in [0.25, 0.3) is 0 Å². The first-order valence-corrected chi connectivity index (χ1v) is 7.53. The maximum absolute atomic E-state index is 12.9. The smallest absolute Gasteiger partial charge is 0.234 e. The van der Waals surface area contributed by atoms with Gasteiger partial charge in [0, 0.05) is 24.7 Å². The average molecular weight is 274 g/mol. The zero-order valence-corrected chi connectivity index (χ0v) is 11.8. The van der Waals surface area contributed by atoms with Crippen molar-refractivity contribution < 1.29 is 9.53 Å². The molecule has 2 aliphatic rings. The van der Waals surface area contributed by atoms with Crippen molar-refractivity contribution in [1.29, 1.82) is 0 Å². The molecule has 1 heterocycles. The minimum atomic E-state index is -0.154. The third-order valence-corrected chi connectivity index (χ3v) is 4.42. The Morgan fingerprint density at radius 1 is 1.30 bits per heavy atom. The van der Waals surface area contributed by atoms with E-state index in [0.717, 1.165) is 24.2 Å². The number of para-hydroxylation sites is 1. The number of ether oxygens (including phenoxy) is 1. The van der Waals surface area contributed by atoms with Crippen LogP contribution in [0.5, 0.6) is 5.75 Å². The predicted molar refractivity (Wildman–Crippen MR) is 77.7 cm³/mol. The van der Waals surface area contributed by atoms with E-state index < -0.39 is 0 Å². The van der Waals surface area contributed by atoms with Gasteiger partial charge in [0.15, 0.2) is 0 Å². The van der Waals surface area contributed by atoms with Crippen molar-refractivity contribution in [3.63, 3.8) is 0 Å². The molecule has 1 aromatic carbocycles. The summed E-state index contributed by atoms with van der Waals surface area (Å²) in [5, 5.41) is 0. The Bertz CT molecular complexity index is 483. The molecule has 4 nitrogen and oxygen atoms in total. The number of hydrogen-bond donors (Lipinski definition) is 1. The van der Waals surface area contributed by atoms with Crippen molar-refractivity contribution in [1.82, 2.24) is 4.90 Å². The monoisotopic (exact) mass is 274 g/mol. The number of rotatable bonds is 4. The molecule has 1 fully saturated rings. The number of amides is 1. The van der Waals surface area contributed by atoms with E-state index in [0.29, 0.717) is 25.7 Å². The first kappa shape index (κ1) is 13.4. The molecule has 1 aromatic rings. The minimum Gasteiger partial charge on any atom is -0.492 e. The summed E-state index contributed by atoms with van der Waals surface area (Å²) in [5.41, 5.74) is 6.73.